The van der Waals surface area contributed by atoms with Crippen molar-refractivity contribution in [2.45, 2.75) is 13.0 Å². The molecule has 0 aliphatic carbocycles. The molecule has 3 nitrogen and oxygen atoms in total. The molecule has 1 atom stereocenters. The van der Waals surface area contributed by atoms with Crippen LogP contribution in [0.1, 0.15) is 18.8 Å². The second-order valence-corrected chi connectivity index (χ2v) is 4.56. The number of aromatic nitrogens is 2. The normalized spacial score (nSPS) is 13.3. The van der Waals surface area contributed by atoms with E-state index in [9.17, 15) is 0 Å². The van der Waals surface area contributed by atoms with Crippen LogP contribution < -0.4 is 5.32 Å². The molecule has 0 saturated heterocycles. The van der Waals surface area contributed by atoms with E-state index in [0.29, 0.717) is 5.15 Å². The quantitative estimate of drug-likeness (QED) is 0.920. The van der Waals surface area contributed by atoms with Gasteiger partial charge in [-0.25, -0.2) is 4.98 Å². The smallest absolute Gasteiger partial charge is 0.156 e. The van der Waals surface area contributed by atoms with Crippen LogP contribution >= 0.6 is 27.5 Å². The zero-order valence-corrected chi connectivity index (χ0v) is 10.8. The van der Waals surface area contributed by atoms with Crippen LogP contribution in [0, 0.1) is 0 Å². The molecular formula is C10H11BrClN3. The molecule has 0 aromatic carbocycles. The minimum atomic E-state index is 0.166. The van der Waals surface area contributed by atoms with E-state index in [1.54, 1.807) is 0 Å². The number of rotatable bonds is 2. The lowest BCUT2D eigenvalue weighted by Crippen LogP contribution is -2.15. The van der Waals surface area contributed by atoms with E-state index in [1.165, 1.54) is 0 Å². The summed E-state index contributed by atoms with van der Waals surface area (Å²) in [5, 5.41) is 3.68. The number of halogens is 2. The summed E-state index contributed by atoms with van der Waals surface area (Å²) in [5.41, 5.74) is 0.913. The van der Waals surface area contributed by atoms with E-state index < -0.39 is 0 Å². The van der Waals surface area contributed by atoms with E-state index in [4.69, 9.17) is 11.6 Å². The topological polar surface area (TPSA) is 29.3 Å². The molecule has 2 rings (SSSR count). The van der Waals surface area contributed by atoms with Crippen molar-refractivity contribution >= 4 is 33.0 Å². The van der Waals surface area contributed by atoms with Crippen LogP contribution in [-0.4, -0.2) is 16.4 Å². The summed E-state index contributed by atoms with van der Waals surface area (Å²) in [6.45, 7) is 2.05. The minimum absolute atomic E-state index is 0.166. The van der Waals surface area contributed by atoms with E-state index in [0.717, 1.165) is 15.8 Å². The third-order valence-corrected chi connectivity index (χ3v) is 3.32. The maximum atomic E-state index is 6.09. The lowest BCUT2D eigenvalue weighted by atomic mass is 10.3. The van der Waals surface area contributed by atoms with Gasteiger partial charge in [-0.1, -0.05) is 11.6 Å². The van der Waals surface area contributed by atoms with Crippen LogP contribution in [0.3, 0.4) is 0 Å². The van der Waals surface area contributed by atoms with Gasteiger partial charge >= 0.3 is 0 Å². The highest BCUT2D eigenvalue weighted by Gasteiger charge is 2.15. The molecule has 5 heteroatoms. The first kappa shape index (κ1) is 10.9. The molecule has 2 aromatic heterocycles. The van der Waals surface area contributed by atoms with Crippen molar-refractivity contribution in [1.29, 1.82) is 0 Å². The molecule has 15 heavy (non-hydrogen) atoms. The predicted molar refractivity (Wildman–Crippen MR) is 65.4 cm³/mol. The Kier molecular flexibility index (Phi) is 3.00. The fourth-order valence-electron chi connectivity index (χ4n) is 1.51. The maximum absolute atomic E-state index is 6.09. The number of hydrogen-bond donors (Lipinski definition) is 1. The van der Waals surface area contributed by atoms with E-state index in [2.05, 4.69) is 26.2 Å². The second kappa shape index (κ2) is 4.12. The molecule has 1 N–H and O–H groups in total. The van der Waals surface area contributed by atoms with Crippen molar-refractivity contribution in [2.75, 3.05) is 7.05 Å². The van der Waals surface area contributed by atoms with Gasteiger partial charge in [0.1, 0.15) is 5.82 Å². The molecule has 0 spiro atoms. The standard InChI is InChI=1S/C10H11BrClN3/c1-6(13-2)10-14-9(12)8-7(11)4-3-5-15(8)10/h3-6,13H,1-2H3. The van der Waals surface area contributed by atoms with Crippen LogP contribution in [-0.2, 0) is 0 Å². The first-order chi connectivity index (χ1) is 7.15. The number of imidazole rings is 1. The van der Waals surface area contributed by atoms with Gasteiger partial charge < -0.3 is 5.32 Å². The molecule has 0 saturated carbocycles. The van der Waals surface area contributed by atoms with Crippen LogP contribution in [0.15, 0.2) is 22.8 Å². The first-order valence-corrected chi connectivity index (χ1v) is 5.81. The summed E-state index contributed by atoms with van der Waals surface area (Å²) in [7, 11) is 1.90. The molecular weight excluding hydrogens is 277 g/mol. The third-order valence-electron chi connectivity index (χ3n) is 2.42. The number of fused-ring (bicyclic) bond motifs is 1. The molecule has 0 amide bonds. The molecule has 2 heterocycles. The SMILES string of the molecule is CNC(C)c1nc(Cl)c2c(Br)cccn12. The molecule has 2 aromatic rings. The van der Waals surface area contributed by atoms with E-state index in [1.807, 2.05) is 36.7 Å². The monoisotopic (exact) mass is 287 g/mol. The molecule has 80 valence electrons. The van der Waals surface area contributed by atoms with Crippen LogP contribution in [0.4, 0.5) is 0 Å². The highest BCUT2D eigenvalue weighted by atomic mass is 79.9. The Bertz CT molecular complexity index is 495. The Morgan fingerprint density at radius 2 is 2.33 bits per heavy atom. The van der Waals surface area contributed by atoms with Crippen molar-refractivity contribution in [3.63, 3.8) is 0 Å². The summed E-state index contributed by atoms with van der Waals surface area (Å²) in [6, 6.07) is 4.08. The van der Waals surface area contributed by atoms with Gasteiger partial charge in [-0.15, -0.1) is 0 Å². The van der Waals surface area contributed by atoms with Crippen LogP contribution in [0.5, 0.6) is 0 Å². The minimum Gasteiger partial charge on any atom is -0.311 e. The summed E-state index contributed by atoms with van der Waals surface area (Å²) in [6.07, 6.45) is 1.96. The highest BCUT2D eigenvalue weighted by molar-refractivity contribution is 9.10. The Hall–Kier alpha value is -0.580. The van der Waals surface area contributed by atoms with Gasteiger partial charge in [-0.05, 0) is 42.0 Å². The van der Waals surface area contributed by atoms with Gasteiger partial charge in [-0.2, -0.15) is 0 Å². The Labute approximate surface area is 102 Å². The largest absolute Gasteiger partial charge is 0.311 e. The Morgan fingerprint density at radius 1 is 1.60 bits per heavy atom. The van der Waals surface area contributed by atoms with Gasteiger partial charge in [-0.3, -0.25) is 4.40 Å². The summed E-state index contributed by atoms with van der Waals surface area (Å²) in [5.74, 6) is 0.916. The second-order valence-electron chi connectivity index (χ2n) is 3.35. The van der Waals surface area contributed by atoms with E-state index in [-0.39, 0.29) is 6.04 Å². The zero-order valence-electron chi connectivity index (χ0n) is 8.46. The first-order valence-electron chi connectivity index (χ1n) is 4.64. The number of nitrogens with one attached hydrogen (secondary N) is 1. The fraction of sp³-hybridized carbons (Fsp3) is 0.300. The van der Waals surface area contributed by atoms with Crippen molar-refractivity contribution in [1.82, 2.24) is 14.7 Å². The molecule has 0 aliphatic heterocycles. The van der Waals surface area contributed by atoms with Gasteiger partial charge in [0.05, 0.1) is 11.6 Å². The van der Waals surface area contributed by atoms with Gasteiger partial charge in [0.2, 0.25) is 0 Å². The van der Waals surface area contributed by atoms with Gasteiger partial charge in [0.25, 0.3) is 0 Å². The highest BCUT2D eigenvalue weighted by Crippen LogP contribution is 2.28. The third kappa shape index (κ3) is 1.77. The van der Waals surface area contributed by atoms with Crippen molar-refractivity contribution in [3.8, 4) is 0 Å². The van der Waals surface area contributed by atoms with Gasteiger partial charge in [0.15, 0.2) is 5.15 Å². The van der Waals surface area contributed by atoms with Crippen LogP contribution in [0.2, 0.25) is 5.15 Å². The molecule has 1 unspecified atom stereocenters. The lowest BCUT2D eigenvalue weighted by Gasteiger charge is -2.08. The van der Waals surface area contributed by atoms with Crippen LogP contribution in [0.25, 0.3) is 5.52 Å². The van der Waals surface area contributed by atoms with Crippen molar-refractivity contribution < 1.29 is 0 Å². The van der Waals surface area contributed by atoms with E-state index >= 15 is 0 Å². The number of pyridine rings is 1. The lowest BCUT2D eigenvalue weighted by molar-refractivity contribution is 0.608. The summed E-state index contributed by atoms with van der Waals surface area (Å²) in [4.78, 5) is 4.36. The average Bonchev–Trinajstić information content (AvgIpc) is 2.56. The number of nitrogens with zero attached hydrogens (tertiary/aromatic N) is 2. The average molecular weight is 289 g/mol. The molecule has 0 aliphatic rings. The Morgan fingerprint density at radius 3 is 3.00 bits per heavy atom. The molecule has 0 bridgehead atoms. The number of hydrogen-bond acceptors (Lipinski definition) is 2. The maximum Gasteiger partial charge on any atom is 0.156 e. The zero-order chi connectivity index (χ0) is 11.0. The summed E-state index contributed by atoms with van der Waals surface area (Å²) < 4.78 is 2.95. The fourth-order valence-corrected chi connectivity index (χ4v) is 2.44. The Balaban J connectivity index is 2.73. The van der Waals surface area contributed by atoms with Crippen molar-refractivity contribution in [3.05, 3.63) is 33.8 Å². The predicted octanol–water partition coefficient (Wildman–Crippen LogP) is 3.03. The molecule has 0 radical (unpaired) electrons. The van der Waals surface area contributed by atoms with Gasteiger partial charge in [0, 0.05) is 10.7 Å². The molecule has 0 fully saturated rings. The summed E-state index contributed by atoms with van der Waals surface area (Å²) >= 11 is 9.56. The van der Waals surface area contributed by atoms with Crippen molar-refractivity contribution in [2.24, 2.45) is 0 Å².